The van der Waals surface area contributed by atoms with Crippen molar-refractivity contribution in [1.29, 1.82) is 0 Å². The van der Waals surface area contributed by atoms with Gasteiger partial charge in [0.05, 0.1) is 5.69 Å². The number of thiocarbonyl (C=S) groups is 1. The van der Waals surface area contributed by atoms with Gasteiger partial charge in [0.15, 0.2) is 5.11 Å². The van der Waals surface area contributed by atoms with Crippen LogP contribution in [0.5, 0.6) is 5.75 Å². The van der Waals surface area contributed by atoms with E-state index in [0.717, 1.165) is 10.0 Å². The summed E-state index contributed by atoms with van der Waals surface area (Å²) in [4.78, 5) is 26.8. The fourth-order valence-corrected chi connectivity index (χ4v) is 3.74. The predicted octanol–water partition coefficient (Wildman–Crippen LogP) is 4.86. The van der Waals surface area contributed by atoms with Gasteiger partial charge >= 0.3 is 0 Å². The molecular formula is C24H17BrN2O3S. The van der Waals surface area contributed by atoms with Gasteiger partial charge in [-0.05, 0) is 59.8 Å². The smallest absolute Gasteiger partial charge is 0.270 e. The third kappa shape index (κ3) is 4.90. The minimum atomic E-state index is -0.523. The molecule has 1 saturated heterocycles. The van der Waals surface area contributed by atoms with Crippen molar-refractivity contribution in [2.75, 3.05) is 4.90 Å². The monoisotopic (exact) mass is 492 g/mol. The molecule has 4 rings (SSSR count). The van der Waals surface area contributed by atoms with E-state index < -0.39 is 11.8 Å². The summed E-state index contributed by atoms with van der Waals surface area (Å²) in [5.74, 6) is -0.302. The van der Waals surface area contributed by atoms with E-state index in [1.807, 2.05) is 36.4 Å². The average molecular weight is 493 g/mol. The van der Waals surface area contributed by atoms with Crippen LogP contribution in [0.15, 0.2) is 88.9 Å². The van der Waals surface area contributed by atoms with Crippen LogP contribution in [-0.2, 0) is 16.2 Å². The van der Waals surface area contributed by atoms with E-state index in [9.17, 15) is 9.59 Å². The number of hydrogen-bond acceptors (Lipinski definition) is 4. The molecule has 0 aromatic heterocycles. The van der Waals surface area contributed by atoms with E-state index in [2.05, 4.69) is 21.2 Å². The highest BCUT2D eigenvalue weighted by Crippen LogP contribution is 2.25. The maximum atomic E-state index is 13.1. The van der Waals surface area contributed by atoms with Crippen molar-refractivity contribution in [2.45, 2.75) is 6.61 Å². The maximum Gasteiger partial charge on any atom is 0.270 e. The number of amides is 2. The molecular weight excluding hydrogens is 476 g/mol. The van der Waals surface area contributed by atoms with Crippen LogP contribution in [0.2, 0.25) is 0 Å². The standard InChI is InChI=1S/C24H17BrN2O3S/c25-18-7-4-8-19(14-18)27-23(29)21(22(28)26-24(27)31)13-16-9-11-20(12-10-16)30-15-17-5-2-1-3-6-17/h1-14H,15H2,(H,26,28,31)/b21-13+. The molecule has 3 aromatic rings. The fraction of sp³-hybridized carbons (Fsp3) is 0.0417. The lowest BCUT2D eigenvalue weighted by Gasteiger charge is -2.29. The van der Waals surface area contributed by atoms with Crippen LogP contribution >= 0.6 is 28.1 Å². The van der Waals surface area contributed by atoms with E-state index in [4.69, 9.17) is 17.0 Å². The second kappa shape index (κ2) is 9.24. The third-order valence-electron chi connectivity index (χ3n) is 4.61. The van der Waals surface area contributed by atoms with Crippen molar-refractivity contribution in [2.24, 2.45) is 0 Å². The first-order valence-corrected chi connectivity index (χ1v) is 10.7. The van der Waals surface area contributed by atoms with E-state index in [1.54, 1.807) is 48.5 Å². The zero-order chi connectivity index (χ0) is 21.8. The molecule has 1 aliphatic heterocycles. The summed E-state index contributed by atoms with van der Waals surface area (Å²) in [5, 5.41) is 2.64. The highest BCUT2D eigenvalue weighted by Gasteiger charge is 2.34. The Morgan fingerprint density at radius 3 is 2.42 bits per heavy atom. The summed E-state index contributed by atoms with van der Waals surface area (Å²) in [7, 11) is 0. The summed E-state index contributed by atoms with van der Waals surface area (Å²) in [6.45, 7) is 0.460. The summed E-state index contributed by atoms with van der Waals surface area (Å²) in [6, 6.07) is 24.2. The Morgan fingerprint density at radius 1 is 0.968 bits per heavy atom. The molecule has 0 spiro atoms. The minimum absolute atomic E-state index is 0.00605. The molecule has 0 atom stereocenters. The molecule has 1 N–H and O–H groups in total. The van der Waals surface area contributed by atoms with E-state index in [-0.39, 0.29) is 10.7 Å². The molecule has 0 radical (unpaired) electrons. The van der Waals surface area contributed by atoms with Crippen molar-refractivity contribution in [3.05, 3.63) is 100 Å². The quantitative estimate of drug-likeness (QED) is 0.314. The Kier molecular flexibility index (Phi) is 6.25. The predicted molar refractivity (Wildman–Crippen MR) is 128 cm³/mol. The number of hydrogen-bond donors (Lipinski definition) is 1. The van der Waals surface area contributed by atoms with Gasteiger partial charge in [-0.3, -0.25) is 19.8 Å². The van der Waals surface area contributed by atoms with E-state index in [1.165, 1.54) is 4.90 Å². The van der Waals surface area contributed by atoms with E-state index >= 15 is 0 Å². The molecule has 5 nitrogen and oxygen atoms in total. The Hall–Kier alpha value is -3.29. The average Bonchev–Trinajstić information content (AvgIpc) is 2.77. The maximum absolute atomic E-state index is 13.1. The van der Waals surface area contributed by atoms with Gasteiger partial charge in [-0.2, -0.15) is 0 Å². The highest BCUT2D eigenvalue weighted by molar-refractivity contribution is 9.10. The van der Waals surface area contributed by atoms with Gasteiger partial charge in [0.2, 0.25) is 0 Å². The normalized spacial score (nSPS) is 15.2. The first-order chi connectivity index (χ1) is 15.0. The SMILES string of the molecule is O=C1NC(=S)N(c2cccc(Br)c2)C(=O)/C1=C/c1ccc(OCc2ccccc2)cc1. The summed E-state index contributed by atoms with van der Waals surface area (Å²) in [6.07, 6.45) is 1.55. The Balaban J connectivity index is 1.53. The summed E-state index contributed by atoms with van der Waals surface area (Å²) in [5.41, 5.74) is 2.35. The van der Waals surface area contributed by atoms with Crippen LogP contribution < -0.4 is 15.0 Å². The number of carbonyl (C=O) groups is 2. The van der Waals surface area contributed by atoms with Gasteiger partial charge in [-0.25, -0.2) is 0 Å². The molecule has 7 heteroatoms. The number of nitrogens with zero attached hydrogens (tertiary/aromatic N) is 1. The number of benzene rings is 3. The number of halogens is 1. The summed E-state index contributed by atoms with van der Waals surface area (Å²) < 4.78 is 6.58. The molecule has 1 aliphatic rings. The minimum Gasteiger partial charge on any atom is -0.489 e. The molecule has 0 bridgehead atoms. The van der Waals surface area contributed by atoms with Gasteiger partial charge < -0.3 is 4.74 Å². The fourth-order valence-electron chi connectivity index (χ4n) is 3.08. The Labute approximate surface area is 193 Å². The van der Waals surface area contributed by atoms with Crippen LogP contribution in [0.3, 0.4) is 0 Å². The van der Waals surface area contributed by atoms with Crippen molar-refractivity contribution in [3.63, 3.8) is 0 Å². The first kappa shape index (κ1) is 21.0. The number of ether oxygens (including phenoxy) is 1. The Bertz CT molecular complexity index is 1180. The molecule has 0 saturated carbocycles. The number of carbonyl (C=O) groups excluding carboxylic acids is 2. The molecule has 154 valence electrons. The van der Waals surface area contributed by atoms with E-state index in [0.29, 0.717) is 23.6 Å². The number of rotatable bonds is 5. The van der Waals surface area contributed by atoms with Gasteiger partial charge in [0.1, 0.15) is 17.9 Å². The van der Waals surface area contributed by atoms with Crippen LogP contribution in [0.4, 0.5) is 5.69 Å². The molecule has 2 amide bonds. The number of nitrogens with one attached hydrogen (secondary N) is 1. The summed E-state index contributed by atoms with van der Waals surface area (Å²) >= 11 is 8.61. The topological polar surface area (TPSA) is 58.6 Å². The molecule has 1 heterocycles. The van der Waals surface area contributed by atoms with Gasteiger partial charge in [-0.15, -0.1) is 0 Å². The second-order valence-corrected chi connectivity index (χ2v) is 8.08. The molecule has 31 heavy (non-hydrogen) atoms. The van der Waals surface area contributed by atoms with Crippen LogP contribution in [0.1, 0.15) is 11.1 Å². The van der Waals surface area contributed by atoms with Gasteiger partial charge in [-0.1, -0.05) is 64.5 Å². The Morgan fingerprint density at radius 2 is 1.71 bits per heavy atom. The zero-order valence-corrected chi connectivity index (χ0v) is 18.7. The van der Waals surface area contributed by atoms with Crippen molar-refractivity contribution >= 4 is 56.8 Å². The number of anilines is 1. The third-order valence-corrected chi connectivity index (χ3v) is 5.39. The van der Waals surface area contributed by atoms with Crippen molar-refractivity contribution in [3.8, 4) is 5.75 Å². The lowest BCUT2D eigenvalue weighted by molar-refractivity contribution is -0.122. The lowest BCUT2D eigenvalue weighted by atomic mass is 10.1. The largest absolute Gasteiger partial charge is 0.489 e. The van der Waals surface area contributed by atoms with Crippen molar-refractivity contribution < 1.29 is 14.3 Å². The molecule has 0 unspecified atom stereocenters. The van der Waals surface area contributed by atoms with Crippen molar-refractivity contribution in [1.82, 2.24) is 5.32 Å². The zero-order valence-electron chi connectivity index (χ0n) is 16.2. The lowest BCUT2D eigenvalue weighted by Crippen LogP contribution is -2.54. The molecule has 1 fully saturated rings. The highest BCUT2D eigenvalue weighted by atomic mass is 79.9. The second-order valence-electron chi connectivity index (χ2n) is 6.78. The van der Waals surface area contributed by atoms with Crippen LogP contribution in [0, 0.1) is 0 Å². The van der Waals surface area contributed by atoms with Gasteiger partial charge in [0.25, 0.3) is 11.8 Å². The van der Waals surface area contributed by atoms with Gasteiger partial charge in [0, 0.05) is 4.47 Å². The first-order valence-electron chi connectivity index (χ1n) is 9.45. The van der Waals surface area contributed by atoms with Crippen LogP contribution in [0.25, 0.3) is 6.08 Å². The molecule has 3 aromatic carbocycles. The molecule has 0 aliphatic carbocycles. The van der Waals surface area contributed by atoms with Crippen LogP contribution in [-0.4, -0.2) is 16.9 Å².